The van der Waals surface area contributed by atoms with Crippen LogP contribution in [0, 0.1) is 17.8 Å². The fourth-order valence-corrected chi connectivity index (χ4v) is 5.97. The van der Waals surface area contributed by atoms with Gasteiger partial charge in [0.05, 0.1) is 10.7 Å². The maximum absolute atomic E-state index is 12.7. The van der Waals surface area contributed by atoms with E-state index < -0.39 is 0 Å². The van der Waals surface area contributed by atoms with Gasteiger partial charge in [-0.05, 0) is 80.9 Å². The number of hydrogen-bond donors (Lipinski definition) is 3. The lowest BCUT2D eigenvalue weighted by atomic mass is 9.53. The van der Waals surface area contributed by atoms with E-state index in [1.54, 1.807) is 18.2 Å². The van der Waals surface area contributed by atoms with Crippen LogP contribution in [0.25, 0.3) is 0 Å². The van der Waals surface area contributed by atoms with Crippen LogP contribution in [-0.2, 0) is 4.79 Å². The minimum Gasteiger partial charge on any atom is -0.332 e. The molecule has 4 fully saturated rings. The lowest BCUT2D eigenvalue weighted by Gasteiger charge is -2.56. The molecule has 6 heteroatoms. The summed E-state index contributed by atoms with van der Waals surface area (Å²) < 4.78 is 0. The predicted molar refractivity (Wildman–Crippen MR) is 108 cm³/mol. The molecule has 0 radical (unpaired) electrons. The van der Waals surface area contributed by atoms with Gasteiger partial charge in [-0.1, -0.05) is 18.5 Å². The molecule has 27 heavy (non-hydrogen) atoms. The summed E-state index contributed by atoms with van der Waals surface area (Å²) in [6, 6.07) is 4.97. The summed E-state index contributed by atoms with van der Waals surface area (Å²) >= 11 is 6.26. The Labute approximate surface area is 165 Å². The molecule has 4 aliphatic rings. The molecule has 0 saturated heterocycles. The Balaban J connectivity index is 1.41. The SMILES string of the molecule is CCCC(=O)Nc1ccc(Cl)c(NC(=O)NC23CC4CC(CC(C4)C2)C3)c1. The van der Waals surface area contributed by atoms with Gasteiger partial charge in [0.2, 0.25) is 5.91 Å². The van der Waals surface area contributed by atoms with Crippen LogP contribution in [0.15, 0.2) is 18.2 Å². The fraction of sp³-hybridized carbons (Fsp3) is 0.619. The Hall–Kier alpha value is -1.75. The number of carbonyl (C=O) groups is 2. The van der Waals surface area contributed by atoms with E-state index in [2.05, 4.69) is 16.0 Å². The van der Waals surface area contributed by atoms with Crippen molar-refractivity contribution >= 4 is 34.9 Å². The highest BCUT2D eigenvalue weighted by atomic mass is 35.5. The lowest BCUT2D eigenvalue weighted by molar-refractivity contribution is -0.116. The van der Waals surface area contributed by atoms with Crippen molar-refractivity contribution in [2.75, 3.05) is 10.6 Å². The summed E-state index contributed by atoms with van der Waals surface area (Å²) in [7, 11) is 0. The van der Waals surface area contributed by atoms with Gasteiger partial charge in [0.15, 0.2) is 0 Å². The van der Waals surface area contributed by atoms with Crippen LogP contribution in [0.3, 0.4) is 0 Å². The first-order valence-corrected chi connectivity index (χ1v) is 10.5. The van der Waals surface area contributed by atoms with E-state index >= 15 is 0 Å². The third-order valence-electron chi connectivity index (χ3n) is 6.39. The minimum absolute atomic E-state index is 0.0382. The first kappa shape index (κ1) is 18.6. The third kappa shape index (κ3) is 4.08. The Bertz CT molecular complexity index is 714. The first-order chi connectivity index (χ1) is 12.9. The second-order valence-electron chi connectivity index (χ2n) is 8.77. The highest BCUT2D eigenvalue weighted by molar-refractivity contribution is 6.33. The maximum Gasteiger partial charge on any atom is 0.319 e. The van der Waals surface area contributed by atoms with Gasteiger partial charge in [0.1, 0.15) is 0 Å². The van der Waals surface area contributed by atoms with E-state index in [0.717, 1.165) is 43.4 Å². The van der Waals surface area contributed by atoms with Crippen molar-refractivity contribution < 1.29 is 9.59 Å². The molecule has 0 atom stereocenters. The molecule has 5 rings (SSSR count). The van der Waals surface area contributed by atoms with Crippen molar-refractivity contribution in [3.05, 3.63) is 23.2 Å². The Kier molecular flexibility index (Phi) is 5.06. The zero-order chi connectivity index (χ0) is 19.0. The third-order valence-corrected chi connectivity index (χ3v) is 6.72. The topological polar surface area (TPSA) is 70.2 Å². The molecule has 1 aromatic rings. The van der Waals surface area contributed by atoms with Gasteiger partial charge < -0.3 is 16.0 Å². The molecule has 4 saturated carbocycles. The maximum atomic E-state index is 12.7. The Morgan fingerprint density at radius 2 is 1.70 bits per heavy atom. The Morgan fingerprint density at radius 1 is 1.07 bits per heavy atom. The van der Waals surface area contributed by atoms with Crippen LogP contribution in [0.1, 0.15) is 58.3 Å². The summed E-state index contributed by atoms with van der Waals surface area (Å²) in [5, 5.41) is 9.49. The number of halogens is 1. The molecule has 0 spiro atoms. The first-order valence-electron chi connectivity index (χ1n) is 10.1. The molecular weight excluding hydrogens is 362 g/mol. The fourth-order valence-electron chi connectivity index (χ4n) is 5.81. The second-order valence-corrected chi connectivity index (χ2v) is 9.18. The molecule has 3 amide bonds. The van der Waals surface area contributed by atoms with Crippen molar-refractivity contribution in [3.8, 4) is 0 Å². The average Bonchev–Trinajstić information content (AvgIpc) is 2.56. The van der Waals surface area contributed by atoms with Crippen molar-refractivity contribution in [1.82, 2.24) is 5.32 Å². The largest absolute Gasteiger partial charge is 0.332 e. The van der Waals surface area contributed by atoms with Crippen molar-refractivity contribution in [1.29, 1.82) is 0 Å². The Morgan fingerprint density at radius 3 is 2.30 bits per heavy atom. The minimum atomic E-state index is -0.198. The van der Waals surface area contributed by atoms with Crippen LogP contribution < -0.4 is 16.0 Å². The number of urea groups is 1. The van der Waals surface area contributed by atoms with Crippen LogP contribution in [0.5, 0.6) is 0 Å². The molecule has 4 aliphatic carbocycles. The van der Waals surface area contributed by atoms with Gasteiger partial charge >= 0.3 is 6.03 Å². The van der Waals surface area contributed by atoms with Gasteiger partial charge in [-0.15, -0.1) is 0 Å². The standard InChI is InChI=1S/C21H28ClN3O2/c1-2-3-19(26)23-16-4-5-17(22)18(9-16)24-20(27)25-21-10-13-6-14(11-21)8-15(7-13)12-21/h4-5,9,13-15H,2-3,6-8,10-12H2,1H3,(H,23,26)(H2,24,25,27). The summed E-state index contributed by atoms with van der Waals surface area (Å²) in [4.78, 5) is 24.5. The van der Waals surface area contributed by atoms with Crippen molar-refractivity contribution in [3.63, 3.8) is 0 Å². The molecule has 146 valence electrons. The number of benzene rings is 1. The second kappa shape index (κ2) is 7.34. The quantitative estimate of drug-likeness (QED) is 0.650. The van der Waals surface area contributed by atoms with Gasteiger partial charge in [-0.25, -0.2) is 4.79 Å². The molecule has 0 heterocycles. The van der Waals surface area contributed by atoms with E-state index in [1.165, 1.54) is 19.3 Å². The van der Waals surface area contributed by atoms with Gasteiger partial charge in [0, 0.05) is 17.6 Å². The number of rotatable bonds is 5. The number of carbonyl (C=O) groups excluding carboxylic acids is 2. The average molecular weight is 390 g/mol. The van der Waals surface area contributed by atoms with E-state index in [4.69, 9.17) is 11.6 Å². The van der Waals surface area contributed by atoms with Gasteiger partial charge in [0.25, 0.3) is 0 Å². The van der Waals surface area contributed by atoms with Gasteiger partial charge in [-0.2, -0.15) is 0 Å². The normalized spacial score (nSPS) is 30.8. The van der Waals surface area contributed by atoms with Crippen molar-refractivity contribution in [2.45, 2.75) is 63.8 Å². The highest BCUT2D eigenvalue weighted by Gasteiger charge is 2.51. The highest BCUT2D eigenvalue weighted by Crippen LogP contribution is 2.55. The number of amides is 3. The number of hydrogen-bond acceptors (Lipinski definition) is 2. The molecular formula is C21H28ClN3O2. The summed E-state index contributed by atoms with van der Waals surface area (Å²) in [5.74, 6) is 2.29. The number of anilines is 2. The molecule has 3 N–H and O–H groups in total. The van der Waals surface area contributed by atoms with E-state index in [-0.39, 0.29) is 17.5 Å². The monoisotopic (exact) mass is 389 g/mol. The zero-order valence-corrected chi connectivity index (χ0v) is 16.6. The number of nitrogens with one attached hydrogen (secondary N) is 3. The summed E-state index contributed by atoms with van der Waals surface area (Å²) in [5.41, 5.74) is 1.12. The molecule has 0 aliphatic heterocycles. The van der Waals surface area contributed by atoms with Crippen LogP contribution >= 0.6 is 11.6 Å². The summed E-state index contributed by atoms with van der Waals surface area (Å²) in [6.45, 7) is 1.96. The van der Waals surface area contributed by atoms with E-state index in [0.29, 0.717) is 22.8 Å². The molecule has 0 unspecified atom stereocenters. The molecule has 4 bridgehead atoms. The van der Waals surface area contributed by atoms with Crippen LogP contribution in [0.4, 0.5) is 16.2 Å². The van der Waals surface area contributed by atoms with Crippen LogP contribution in [-0.4, -0.2) is 17.5 Å². The van der Waals surface area contributed by atoms with E-state index in [9.17, 15) is 9.59 Å². The summed E-state index contributed by atoms with van der Waals surface area (Å²) in [6.07, 6.45) is 8.60. The van der Waals surface area contributed by atoms with Crippen molar-refractivity contribution in [2.24, 2.45) is 17.8 Å². The molecule has 5 nitrogen and oxygen atoms in total. The predicted octanol–water partition coefficient (Wildman–Crippen LogP) is 5.17. The van der Waals surface area contributed by atoms with Crippen LogP contribution in [0.2, 0.25) is 5.02 Å². The zero-order valence-electron chi connectivity index (χ0n) is 15.8. The lowest BCUT2D eigenvalue weighted by Crippen LogP contribution is -2.60. The smallest absolute Gasteiger partial charge is 0.319 e. The molecule has 0 aromatic heterocycles. The molecule has 1 aromatic carbocycles. The van der Waals surface area contributed by atoms with E-state index in [1.807, 2.05) is 6.92 Å². The van der Waals surface area contributed by atoms with Gasteiger partial charge in [-0.3, -0.25) is 4.79 Å².